The van der Waals surface area contributed by atoms with E-state index in [1.54, 1.807) is 0 Å². The molecule has 0 fully saturated rings. The highest BCUT2D eigenvalue weighted by atomic mass is 15.3. The molecule has 0 N–H and O–H groups in total. The van der Waals surface area contributed by atoms with E-state index in [0.717, 1.165) is 11.2 Å². The summed E-state index contributed by atoms with van der Waals surface area (Å²) < 4.78 is 0. The Hall–Kier alpha value is -1.45. The van der Waals surface area contributed by atoms with Gasteiger partial charge in [0.25, 0.3) is 0 Å². The molecule has 4 heteroatoms. The lowest BCUT2D eigenvalue weighted by Crippen LogP contribution is -1.80. The second kappa shape index (κ2) is 1.76. The molecule has 0 aliphatic carbocycles. The highest BCUT2D eigenvalue weighted by molar-refractivity contribution is 5.68. The number of hydrogen-bond donors (Lipinski definition) is 0. The molecule has 0 saturated carbocycles. The van der Waals surface area contributed by atoms with Gasteiger partial charge in [-0.3, -0.25) is 0 Å². The summed E-state index contributed by atoms with van der Waals surface area (Å²) in [5.41, 5.74) is 2.32. The minimum absolute atomic E-state index is 0.625. The zero-order chi connectivity index (χ0) is 6.97. The Morgan fingerprint density at radius 1 is 1.30 bits per heavy atom. The molecule has 2 heterocycles. The van der Waals surface area contributed by atoms with Crippen LogP contribution in [0.15, 0.2) is 12.1 Å². The number of nitrogens with zero attached hydrogens (tertiary/aromatic N) is 4. The zero-order valence-corrected chi connectivity index (χ0v) is 5.44. The van der Waals surface area contributed by atoms with Gasteiger partial charge in [0.05, 0.1) is 5.52 Å². The lowest BCUT2D eigenvalue weighted by molar-refractivity contribution is 0.923. The van der Waals surface area contributed by atoms with Gasteiger partial charge >= 0.3 is 0 Å². The van der Waals surface area contributed by atoms with Crippen LogP contribution in [0.5, 0.6) is 0 Å². The minimum Gasteiger partial charge on any atom is -0.491 e. The number of rotatable bonds is 0. The molecule has 0 radical (unpaired) electrons. The quantitative estimate of drug-likeness (QED) is 0.518. The fourth-order valence-electron chi connectivity index (χ4n) is 0.800. The smallest absolute Gasteiger partial charge is 0.158 e. The molecule has 0 bridgehead atoms. The molecule has 50 valence electrons. The van der Waals surface area contributed by atoms with E-state index in [-0.39, 0.29) is 0 Å². The number of hydrogen-bond acceptors (Lipinski definition) is 3. The highest BCUT2D eigenvalue weighted by Crippen LogP contribution is 2.03. The van der Waals surface area contributed by atoms with Gasteiger partial charge in [-0.2, -0.15) is 0 Å². The Bertz CT molecular complexity index is 351. The molecule has 0 amide bonds. The molecule has 2 rings (SSSR count). The van der Waals surface area contributed by atoms with Crippen LogP contribution in [0.2, 0.25) is 0 Å². The number of fused-ring (bicyclic) bond motifs is 1. The Kier molecular flexibility index (Phi) is 0.943. The number of aromatic nitrogens is 4. The van der Waals surface area contributed by atoms with Crippen molar-refractivity contribution in [1.29, 1.82) is 0 Å². The van der Waals surface area contributed by atoms with Crippen molar-refractivity contribution in [2.45, 2.75) is 6.92 Å². The summed E-state index contributed by atoms with van der Waals surface area (Å²) in [5.74, 6) is 0. The van der Waals surface area contributed by atoms with Crippen molar-refractivity contribution in [2.24, 2.45) is 0 Å². The molecule has 10 heavy (non-hydrogen) atoms. The Labute approximate surface area is 57.3 Å². The average Bonchev–Trinajstić information content (AvgIpc) is 2.33. The van der Waals surface area contributed by atoms with Gasteiger partial charge < -0.3 is 15.4 Å². The third-order valence-electron chi connectivity index (χ3n) is 1.29. The molecular formula is C6H5N4-. The van der Waals surface area contributed by atoms with Gasteiger partial charge in [0.2, 0.25) is 0 Å². The summed E-state index contributed by atoms with van der Waals surface area (Å²) in [6, 6.07) is 3.75. The highest BCUT2D eigenvalue weighted by Gasteiger charge is 1.90. The summed E-state index contributed by atoms with van der Waals surface area (Å²) in [7, 11) is 0. The summed E-state index contributed by atoms with van der Waals surface area (Å²) in [6.07, 6.45) is 0. The van der Waals surface area contributed by atoms with E-state index in [9.17, 15) is 0 Å². The van der Waals surface area contributed by atoms with Gasteiger partial charge in [0.15, 0.2) is 5.65 Å². The van der Waals surface area contributed by atoms with Crippen LogP contribution in [-0.2, 0) is 0 Å². The van der Waals surface area contributed by atoms with E-state index >= 15 is 0 Å². The molecule has 0 aromatic carbocycles. The summed E-state index contributed by atoms with van der Waals surface area (Å²) in [4.78, 5) is 4.10. The summed E-state index contributed by atoms with van der Waals surface area (Å²) in [6.45, 7) is 1.91. The first-order valence-corrected chi connectivity index (χ1v) is 2.96. The van der Waals surface area contributed by atoms with E-state index in [4.69, 9.17) is 0 Å². The second-order valence-electron chi connectivity index (χ2n) is 2.08. The standard InChI is InChI=1S/C6H5N4/c1-4-2-3-5-6(7-4)9-10-8-5/h2-3H,1H3/q-1. The van der Waals surface area contributed by atoms with Crippen LogP contribution >= 0.6 is 0 Å². The fourth-order valence-corrected chi connectivity index (χ4v) is 0.800. The van der Waals surface area contributed by atoms with E-state index in [0.29, 0.717) is 5.65 Å². The predicted molar refractivity (Wildman–Crippen MR) is 35.4 cm³/mol. The predicted octanol–water partition coefficient (Wildman–Crippen LogP) is 0.290. The van der Waals surface area contributed by atoms with E-state index in [1.165, 1.54) is 0 Å². The Morgan fingerprint density at radius 2 is 2.20 bits per heavy atom. The lowest BCUT2D eigenvalue weighted by atomic mass is 10.4. The van der Waals surface area contributed by atoms with Crippen molar-refractivity contribution >= 4 is 11.2 Å². The summed E-state index contributed by atoms with van der Waals surface area (Å²) in [5, 5.41) is 10.9. The van der Waals surface area contributed by atoms with Gasteiger partial charge in [-0.05, 0) is 19.1 Å². The van der Waals surface area contributed by atoms with Crippen molar-refractivity contribution in [3.05, 3.63) is 17.8 Å². The largest absolute Gasteiger partial charge is 0.491 e. The first-order chi connectivity index (χ1) is 4.86. The van der Waals surface area contributed by atoms with Crippen LogP contribution < -0.4 is 5.21 Å². The van der Waals surface area contributed by atoms with Crippen molar-refractivity contribution in [3.8, 4) is 0 Å². The normalized spacial score (nSPS) is 10.5. The Morgan fingerprint density at radius 3 is 3.10 bits per heavy atom. The van der Waals surface area contributed by atoms with Gasteiger partial charge in [0.1, 0.15) is 0 Å². The van der Waals surface area contributed by atoms with Gasteiger partial charge in [0, 0.05) is 5.69 Å². The molecule has 0 saturated heterocycles. The van der Waals surface area contributed by atoms with Crippen molar-refractivity contribution in [2.75, 3.05) is 0 Å². The number of aryl methyl sites for hydroxylation is 1. The van der Waals surface area contributed by atoms with Crippen LogP contribution in [0.3, 0.4) is 0 Å². The molecule has 0 atom stereocenters. The maximum atomic E-state index is 4.10. The molecule has 2 aromatic heterocycles. The topological polar surface area (TPSA) is 52.8 Å². The third-order valence-corrected chi connectivity index (χ3v) is 1.29. The van der Waals surface area contributed by atoms with E-state index in [1.807, 2.05) is 19.1 Å². The van der Waals surface area contributed by atoms with Crippen LogP contribution in [0.1, 0.15) is 5.69 Å². The van der Waals surface area contributed by atoms with Crippen LogP contribution in [0, 0.1) is 6.92 Å². The first-order valence-electron chi connectivity index (χ1n) is 2.96. The molecule has 0 aliphatic rings. The monoisotopic (exact) mass is 133 g/mol. The first kappa shape index (κ1) is 5.34. The van der Waals surface area contributed by atoms with Gasteiger partial charge in [-0.15, -0.1) is 0 Å². The fraction of sp³-hybridized carbons (Fsp3) is 0.167. The molecule has 0 unspecified atom stereocenters. The van der Waals surface area contributed by atoms with Crippen LogP contribution in [0.4, 0.5) is 0 Å². The Balaban J connectivity index is 2.86. The van der Waals surface area contributed by atoms with Crippen LogP contribution in [0.25, 0.3) is 11.2 Å². The maximum Gasteiger partial charge on any atom is 0.158 e. The van der Waals surface area contributed by atoms with Gasteiger partial charge in [-0.25, -0.2) is 4.98 Å². The maximum absolute atomic E-state index is 4.10. The van der Waals surface area contributed by atoms with E-state index < -0.39 is 0 Å². The third kappa shape index (κ3) is 0.655. The lowest BCUT2D eigenvalue weighted by Gasteiger charge is -1.89. The zero-order valence-electron chi connectivity index (χ0n) is 5.44. The van der Waals surface area contributed by atoms with Gasteiger partial charge in [-0.1, -0.05) is 0 Å². The van der Waals surface area contributed by atoms with E-state index in [2.05, 4.69) is 20.4 Å². The molecule has 2 aromatic rings. The SMILES string of the molecule is Cc1ccc2n[n-]nc2n1. The molecule has 0 aliphatic heterocycles. The van der Waals surface area contributed by atoms with Crippen molar-refractivity contribution < 1.29 is 0 Å². The van der Waals surface area contributed by atoms with Crippen molar-refractivity contribution in [1.82, 2.24) is 20.4 Å². The minimum atomic E-state index is 0.625. The molecule has 4 nitrogen and oxygen atoms in total. The summed E-state index contributed by atoms with van der Waals surface area (Å²) >= 11 is 0. The van der Waals surface area contributed by atoms with Crippen LogP contribution in [-0.4, -0.2) is 15.2 Å². The number of pyridine rings is 1. The average molecular weight is 133 g/mol. The molecular weight excluding hydrogens is 128 g/mol. The van der Waals surface area contributed by atoms with Crippen molar-refractivity contribution in [3.63, 3.8) is 0 Å². The molecule has 0 spiro atoms. The second-order valence-corrected chi connectivity index (χ2v) is 2.08.